The summed E-state index contributed by atoms with van der Waals surface area (Å²) in [5, 5.41) is 0. The standard InChI is InChI=1S/C8H18O3/c1-7(2,3)10-11-8(4,5)9-6/h1-6H3. The van der Waals surface area contributed by atoms with Crippen molar-refractivity contribution in [3.8, 4) is 0 Å². The summed E-state index contributed by atoms with van der Waals surface area (Å²) in [6, 6.07) is 0. The van der Waals surface area contributed by atoms with Crippen molar-refractivity contribution in [2.24, 2.45) is 0 Å². The van der Waals surface area contributed by atoms with Crippen LogP contribution in [0.4, 0.5) is 0 Å². The van der Waals surface area contributed by atoms with Crippen LogP contribution in [0.2, 0.25) is 0 Å². The highest BCUT2D eigenvalue weighted by atomic mass is 17.2. The second-order valence-corrected chi connectivity index (χ2v) is 3.88. The molecule has 0 aromatic carbocycles. The molecule has 0 atom stereocenters. The molecule has 0 saturated heterocycles. The quantitative estimate of drug-likeness (QED) is 0.361. The molecule has 0 heterocycles. The predicted molar refractivity (Wildman–Crippen MR) is 43.0 cm³/mol. The minimum atomic E-state index is -0.673. The normalized spacial score (nSPS) is 13.6. The van der Waals surface area contributed by atoms with Crippen LogP contribution < -0.4 is 0 Å². The van der Waals surface area contributed by atoms with Crippen molar-refractivity contribution in [3.05, 3.63) is 0 Å². The van der Waals surface area contributed by atoms with Gasteiger partial charge in [0, 0.05) is 7.11 Å². The monoisotopic (exact) mass is 162 g/mol. The largest absolute Gasteiger partial charge is 0.351 e. The molecule has 0 spiro atoms. The van der Waals surface area contributed by atoms with Crippen LogP contribution in [-0.4, -0.2) is 18.5 Å². The molecule has 0 aliphatic rings. The molecule has 0 aromatic rings. The maximum absolute atomic E-state index is 5.06. The van der Waals surface area contributed by atoms with Gasteiger partial charge in [-0.2, -0.15) is 0 Å². The molecule has 0 radical (unpaired) electrons. The molecular formula is C8H18O3. The Balaban J connectivity index is 3.70. The Kier molecular flexibility index (Phi) is 3.48. The van der Waals surface area contributed by atoms with E-state index in [1.54, 1.807) is 21.0 Å². The van der Waals surface area contributed by atoms with Gasteiger partial charge in [0.05, 0.1) is 5.60 Å². The van der Waals surface area contributed by atoms with E-state index in [1.807, 2.05) is 20.8 Å². The van der Waals surface area contributed by atoms with Gasteiger partial charge in [-0.25, -0.2) is 9.78 Å². The average molecular weight is 162 g/mol. The third-order valence-corrected chi connectivity index (χ3v) is 0.984. The summed E-state index contributed by atoms with van der Waals surface area (Å²) in [4.78, 5) is 10.1. The van der Waals surface area contributed by atoms with E-state index in [2.05, 4.69) is 0 Å². The highest BCUT2D eigenvalue weighted by Crippen LogP contribution is 2.15. The lowest BCUT2D eigenvalue weighted by atomic mass is 10.2. The van der Waals surface area contributed by atoms with Crippen molar-refractivity contribution in [2.45, 2.75) is 46.0 Å². The molecule has 0 aromatic heterocycles. The molecular weight excluding hydrogens is 144 g/mol. The Labute approximate surface area is 68.6 Å². The molecule has 0 aliphatic carbocycles. The van der Waals surface area contributed by atoms with Gasteiger partial charge in [-0.3, -0.25) is 0 Å². The first-order chi connectivity index (χ1) is 4.77. The van der Waals surface area contributed by atoms with E-state index in [-0.39, 0.29) is 5.60 Å². The lowest BCUT2D eigenvalue weighted by Crippen LogP contribution is -2.32. The summed E-state index contributed by atoms with van der Waals surface area (Å²) in [7, 11) is 1.58. The van der Waals surface area contributed by atoms with Gasteiger partial charge < -0.3 is 4.74 Å². The number of hydrogen-bond donors (Lipinski definition) is 0. The van der Waals surface area contributed by atoms with Crippen LogP contribution >= 0.6 is 0 Å². The lowest BCUT2D eigenvalue weighted by Gasteiger charge is -2.26. The molecule has 0 rings (SSSR count). The molecule has 3 nitrogen and oxygen atoms in total. The van der Waals surface area contributed by atoms with Crippen molar-refractivity contribution < 1.29 is 14.5 Å². The van der Waals surface area contributed by atoms with E-state index in [1.165, 1.54) is 0 Å². The fraction of sp³-hybridized carbons (Fsp3) is 1.00. The number of methoxy groups -OCH3 is 1. The average Bonchev–Trinajstić information content (AvgIpc) is 1.83. The van der Waals surface area contributed by atoms with Crippen molar-refractivity contribution >= 4 is 0 Å². The first-order valence-electron chi connectivity index (χ1n) is 3.69. The van der Waals surface area contributed by atoms with E-state index in [9.17, 15) is 0 Å². The van der Waals surface area contributed by atoms with Gasteiger partial charge in [-0.1, -0.05) is 0 Å². The van der Waals surface area contributed by atoms with Crippen LogP contribution in [0.5, 0.6) is 0 Å². The summed E-state index contributed by atoms with van der Waals surface area (Å²) in [6.07, 6.45) is 0. The lowest BCUT2D eigenvalue weighted by molar-refractivity contribution is -0.446. The van der Waals surface area contributed by atoms with Crippen LogP contribution in [0.25, 0.3) is 0 Å². The molecule has 0 bridgehead atoms. The predicted octanol–water partition coefficient (Wildman–Crippen LogP) is 2.12. The summed E-state index contributed by atoms with van der Waals surface area (Å²) >= 11 is 0. The molecule has 0 saturated carbocycles. The smallest absolute Gasteiger partial charge is 0.195 e. The van der Waals surface area contributed by atoms with Gasteiger partial charge in [-0.15, -0.1) is 0 Å². The Hall–Kier alpha value is -0.120. The molecule has 0 amide bonds. The summed E-state index contributed by atoms with van der Waals surface area (Å²) in [5.74, 6) is -0.673. The number of ether oxygens (including phenoxy) is 1. The van der Waals surface area contributed by atoms with E-state index in [0.29, 0.717) is 0 Å². The van der Waals surface area contributed by atoms with Crippen molar-refractivity contribution in [1.29, 1.82) is 0 Å². The highest BCUT2D eigenvalue weighted by molar-refractivity contribution is 4.56. The molecule has 0 unspecified atom stereocenters. The maximum atomic E-state index is 5.06. The third kappa shape index (κ3) is 6.28. The Morgan fingerprint density at radius 3 is 1.55 bits per heavy atom. The van der Waals surface area contributed by atoms with Crippen LogP contribution in [0.3, 0.4) is 0 Å². The molecule has 68 valence electrons. The fourth-order valence-corrected chi connectivity index (χ4v) is 0.259. The van der Waals surface area contributed by atoms with Gasteiger partial charge in [0.1, 0.15) is 0 Å². The zero-order valence-electron chi connectivity index (χ0n) is 8.22. The Bertz CT molecular complexity index is 113. The molecule has 0 aliphatic heterocycles. The maximum Gasteiger partial charge on any atom is 0.195 e. The van der Waals surface area contributed by atoms with Crippen LogP contribution in [0.1, 0.15) is 34.6 Å². The van der Waals surface area contributed by atoms with E-state index in [4.69, 9.17) is 14.5 Å². The van der Waals surface area contributed by atoms with Gasteiger partial charge in [0.15, 0.2) is 5.79 Å². The summed E-state index contributed by atoms with van der Waals surface area (Å²) < 4.78 is 4.99. The van der Waals surface area contributed by atoms with E-state index >= 15 is 0 Å². The van der Waals surface area contributed by atoms with Gasteiger partial charge >= 0.3 is 0 Å². The van der Waals surface area contributed by atoms with Crippen molar-refractivity contribution in [1.82, 2.24) is 0 Å². The third-order valence-electron chi connectivity index (χ3n) is 0.984. The first kappa shape index (κ1) is 10.9. The van der Waals surface area contributed by atoms with Crippen molar-refractivity contribution in [2.75, 3.05) is 7.11 Å². The zero-order chi connectivity index (χ0) is 9.12. The molecule has 0 fully saturated rings. The SMILES string of the molecule is COC(C)(C)OOC(C)(C)C. The van der Waals surface area contributed by atoms with Gasteiger partial charge in [0.2, 0.25) is 0 Å². The van der Waals surface area contributed by atoms with Crippen molar-refractivity contribution in [3.63, 3.8) is 0 Å². The summed E-state index contributed by atoms with van der Waals surface area (Å²) in [6.45, 7) is 9.33. The fourth-order valence-electron chi connectivity index (χ4n) is 0.259. The second kappa shape index (κ2) is 3.52. The first-order valence-corrected chi connectivity index (χ1v) is 3.69. The van der Waals surface area contributed by atoms with Crippen LogP contribution in [0, 0.1) is 0 Å². The minimum absolute atomic E-state index is 0.296. The van der Waals surface area contributed by atoms with Gasteiger partial charge in [0.25, 0.3) is 0 Å². The number of rotatable bonds is 3. The molecule has 0 N–H and O–H groups in total. The van der Waals surface area contributed by atoms with E-state index < -0.39 is 5.79 Å². The van der Waals surface area contributed by atoms with E-state index in [0.717, 1.165) is 0 Å². The topological polar surface area (TPSA) is 27.7 Å². The van der Waals surface area contributed by atoms with Gasteiger partial charge in [-0.05, 0) is 34.6 Å². The number of hydrogen-bond acceptors (Lipinski definition) is 3. The van der Waals surface area contributed by atoms with Crippen LogP contribution in [-0.2, 0) is 14.5 Å². The molecule has 3 heteroatoms. The zero-order valence-corrected chi connectivity index (χ0v) is 8.22. The Morgan fingerprint density at radius 2 is 1.27 bits per heavy atom. The minimum Gasteiger partial charge on any atom is -0.351 e. The molecule has 11 heavy (non-hydrogen) atoms. The highest BCUT2D eigenvalue weighted by Gasteiger charge is 2.22. The Morgan fingerprint density at radius 1 is 0.818 bits per heavy atom. The second-order valence-electron chi connectivity index (χ2n) is 3.88. The van der Waals surface area contributed by atoms with Crippen LogP contribution in [0.15, 0.2) is 0 Å². The summed E-state index contributed by atoms with van der Waals surface area (Å²) in [5.41, 5.74) is -0.296.